The minimum Gasteiger partial charge on any atom is -0.328 e. The fourth-order valence-electron chi connectivity index (χ4n) is 5.95. The minimum atomic E-state index is 0.365. The molecule has 0 heterocycles. The third-order valence-electron chi connectivity index (χ3n) is 7.29. The van der Waals surface area contributed by atoms with Crippen LogP contribution in [-0.2, 0) is 11.2 Å². The first-order valence-electron chi connectivity index (χ1n) is 10.6. The molecule has 2 nitrogen and oxygen atoms in total. The van der Waals surface area contributed by atoms with Crippen molar-refractivity contribution < 1.29 is 4.79 Å². The number of hydrogen-bond acceptors (Lipinski definition) is 1. The molecule has 1 N–H and O–H groups in total. The van der Waals surface area contributed by atoms with Crippen molar-refractivity contribution in [2.24, 2.45) is 17.3 Å². The van der Waals surface area contributed by atoms with Crippen LogP contribution in [0.3, 0.4) is 0 Å². The van der Waals surface area contributed by atoms with Crippen molar-refractivity contribution in [2.45, 2.75) is 72.1 Å². The van der Waals surface area contributed by atoms with Crippen LogP contribution in [0.2, 0.25) is 0 Å². The van der Waals surface area contributed by atoms with E-state index in [1.807, 2.05) is 20.8 Å². The number of fused-ring (bicyclic) bond motifs is 5. The standard InChI is InChI=1S/C23H27NO.C2H6/c1-4-5-17-12-20-16(13-22(17)24-14-25)7-8-19-18(20)10-11-23(3)15(2)6-9-21(19)23;1-2/h12-14,18-19,21H,2,6-11H2,1,3H3,(H,24,25);1-2H3. The predicted octanol–water partition coefficient (Wildman–Crippen LogP) is 6.06. The van der Waals surface area contributed by atoms with Crippen LogP contribution in [-0.4, -0.2) is 6.41 Å². The van der Waals surface area contributed by atoms with E-state index >= 15 is 0 Å². The van der Waals surface area contributed by atoms with Crippen LogP contribution in [0.15, 0.2) is 24.3 Å². The molecular formula is C25H33NO. The van der Waals surface area contributed by atoms with E-state index in [9.17, 15) is 4.79 Å². The Balaban J connectivity index is 0.00000102. The average molecular weight is 364 g/mol. The van der Waals surface area contributed by atoms with Crippen molar-refractivity contribution in [3.63, 3.8) is 0 Å². The summed E-state index contributed by atoms with van der Waals surface area (Å²) in [4.78, 5) is 11.0. The van der Waals surface area contributed by atoms with Crippen molar-refractivity contribution in [3.8, 4) is 11.8 Å². The highest BCUT2D eigenvalue weighted by atomic mass is 16.1. The number of aryl methyl sites for hydroxylation is 1. The quantitative estimate of drug-likeness (QED) is 0.386. The normalized spacial score (nSPS) is 30.5. The van der Waals surface area contributed by atoms with Crippen molar-refractivity contribution in [1.29, 1.82) is 0 Å². The first-order valence-corrected chi connectivity index (χ1v) is 10.6. The maximum atomic E-state index is 11.0. The van der Waals surface area contributed by atoms with E-state index in [4.69, 9.17) is 0 Å². The maximum absolute atomic E-state index is 11.0. The van der Waals surface area contributed by atoms with Crippen LogP contribution in [0, 0.1) is 29.1 Å². The predicted molar refractivity (Wildman–Crippen MR) is 114 cm³/mol. The second-order valence-corrected chi connectivity index (χ2v) is 8.25. The lowest BCUT2D eigenvalue weighted by molar-refractivity contribution is -0.105. The number of anilines is 1. The van der Waals surface area contributed by atoms with Gasteiger partial charge in [-0.25, -0.2) is 0 Å². The third kappa shape index (κ3) is 3.22. The van der Waals surface area contributed by atoms with Crippen molar-refractivity contribution in [1.82, 2.24) is 0 Å². The van der Waals surface area contributed by atoms with Gasteiger partial charge in [0.05, 0.1) is 5.69 Å². The van der Waals surface area contributed by atoms with Gasteiger partial charge in [-0.05, 0) is 91.9 Å². The van der Waals surface area contributed by atoms with Crippen LogP contribution in [0.1, 0.15) is 82.4 Å². The van der Waals surface area contributed by atoms with E-state index in [2.05, 4.69) is 42.8 Å². The lowest BCUT2D eigenvalue weighted by Gasteiger charge is -2.49. The Morgan fingerprint density at radius 2 is 2.00 bits per heavy atom. The van der Waals surface area contributed by atoms with Crippen LogP contribution >= 0.6 is 0 Å². The van der Waals surface area contributed by atoms with E-state index in [0.29, 0.717) is 11.3 Å². The molecule has 1 aromatic rings. The molecule has 144 valence electrons. The fraction of sp³-hybridized carbons (Fsp3) is 0.560. The summed E-state index contributed by atoms with van der Waals surface area (Å²) in [5.41, 5.74) is 6.57. The molecule has 0 aliphatic heterocycles. The average Bonchev–Trinajstić information content (AvgIpc) is 2.99. The van der Waals surface area contributed by atoms with Crippen LogP contribution in [0.4, 0.5) is 5.69 Å². The van der Waals surface area contributed by atoms with Gasteiger partial charge in [0.1, 0.15) is 0 Å². The first kappa shape index (κ1) is 19.7. The van der Waals surface area contributed by atoms with E-state index in [1.54, 1.807) is 0 Å². The Bertz CT molecular complexity index is 797. The molecule has 3 aliphatic rings. The van der Waals surface area contributed by atoms with Crippen LogP contribution < -0.4 is 5.32 Å². The summed E-state index contributed by atoms with van der Waals surface area (Å²) in [5.74, 6) is 8.39. The van der Waals surface area contributed by atoms with E-state index in [1.165, 1.54) is 48.8 Å². The summed E-state index contributed by atoms with van der Waals surface area (Å²) in [6, 6.07) is 4.43. The summed E-state index contributed by atoms with van der Waals surface area (Å²) in [6.07, 6.45) is 8.19. The zero-order valence-corrected chi connectivity index (χ0v) is 17.3. The molecule has 3 aliphatic carbocycles. The topological polar surface area (TPSA) is 29.1 Å². The Morgan fingerprint density at radius 1 is 1.22 bits per heavy atom. The highest BCUT2D eigenvalue weighted by molar-refractivity contribution is 5.77. The molecule has 0 aromatic heterocycles. The van der Waals surface area contributed by atoms with E-state index in [-0.39, 0.29) is 0 Å². The van der Waals surface area contributed by atoms with E-state index in [0.717, 1.165) is 35.9 Å². The van der Waals surface area contributed by atoms with Crippen molar-refractivity contribution >= 4 is 12.1 Å². The molecule has 1 aromatic carbocycles. The van der Waals surface area contributed by atoms with Gasteiger partial charge in [0.2, 0.25) is 6.41 Å². The van der Waals surface area contributed by atoms with Gasteiger partial charge in [0, 0.05) is 5.56 Å². The number of allylic oxidation sites excluding steroid dienone is 1. The summed E-state index contributed by atoms with van der Waals surface area (Å²) in [7, 11) is 0. The maximum Gasteiger partial charge on any atom is 0.211 e. The zero-order chi connectivity index (χ0) is 19.6. The number of amides is 1. The summed E-state index contributed by atoms with van der Waals surface area (Å²) in [6.45, 7) is 12.7. The van der Waals surface area contributed by atoms with Gasteiger partial charge in [-0.3, -0.25) is 4.79 Å². The Morgan fingerprint density at radius 3 is 2.70 bits per heavy atom. The molecule has 2 heteroatoms. The SMILES string of the molecule is C=C1CCC2C3CCc4cc(NC=O)c(C#CC)cc4C3CCC12C.CC. The van der Waals surface area contributed by atoms with Gasteiger partial charge >= 0.3 is 0 Å². The second-order valence-electron chi connectivity index (χ2n) is 8.25. The summed E-state index contributed by atoms with van der Waals surface area (Å²) >= 11 is 0. The molecule has 1 amide bonds. The number of rotatable bonds is 2. The highest BCUT2D eigenvalue weighted by Gasteiger charge is 2.51. The molecule has 4 unspecified atom stereocenters. The smallest absolute Gasteiger partial charge is 0.211 e. The van der Waals surface area contributed by atoms with Crippen molar-refractivity contribution in [3.05, 3.63) is 41.0 Å². The molecule has 4 atom stereocenters. The molecule has 27 heavy (non-hydrogen) atoms. The highest BCUT2D eigenvalue weighted by Crippen LogP contribution is 2.62. The fourth-order valence-corrected chi connectivity index (χ4v) is 5.95. The Kier molecular flexibility index (Phi) is 5.80. The number of carbonyl (C=O) groups is 1. The van der Waals surface area contributed by atoms with Gasteiger partial charge < -0.3 is 5.32 Å². The number of benzene rings is 1. The monoisotopic (exact) mass is 363 g/mol. The number of nitrogens with one attached hydrogen (secondary N) is 1. The van der Waals surface area contributed by atoms with Crippen LogP contribution in [0.5, 0.6) is 0 Å². The van der Waals surface area contributed by atoms with Gasteiger partial charge in [-0.2, -0.15) is 0 Å². The number of carbonyl (C=O) groups excluding carboxylic acids is 1. The molecule has 0 bridgehead atoms. The first-order chi connectivity index (χ1) is 13.1. The molecule has 0 radical (unpaired) electrons. The Hall–Kier alpha value is -2.01. The largest absolute Gasteiger partial charge is 0.328 e. The van der Waals surface area contributed by atoms with E-state index < -0.39 is 0 Å². The Labute approximate surface area is 164 Å². The van der Waals surface area contributed by atoms with Crippen molar-refractivity contribution in [2.75, 3.05) is 5.32 Å². The molecular weight excluding hydrogens is 330 g/mol. The lowest BCUT2D eigenvalue weighted by atomic mass is 9.55. The van der Waals surface area contributed by atoms with Gasteiger partial charge in [0.25, 0.3) is 0 Å². The summed E-state index contributed by atoms with van der Waals surface area (Å²) in [5, 5.41) is 2.84. The number of hydrogen-bond donors (Lipinski definition) is 1. The summed E-state index contributed by atoms with van der Waals surface area (Å²) < 4.78 is 0. The zero-order valence-electron chi connectivity index (χ0n) is 17.3. The third-order valence-corrected chi connectivity index (χ3v) is 7.29. The van der Waals surface area contributed by atoms with Gasteiger partial charge in [-0.1, -0.05) is 38.8 Å². The molecule has 0 saturated heterocycles. The minimum absolute atomic E-state index is 0.365. The molecule has 4 rings (SSSR count). The molecule has 2 saturated carbocycles. The molecule has 2 fully saturated rings. The second kappa shape index (κ2) is 7.93. The lowest BCUT2D eigenvalue weighted by Crippen LogP contribution is -2.40. The van der Waals surface area contributed by atoms with Gasteiger partial charge in [-0.15, -0.1) is 5.92 Å². The molecule has 0 spiro atoms. The van der Waals surface area contributed by atoms with Crippen LogP contribution in [0.25, 0.3) is 0 Å². The van der Waals surface area contributed by atoms with Gasteiger partial charge in [0.15, 0.2) is 0 Å².